The van der Waals surface area contributed by atoms with E-state index in [-0.39, 0.29) is 12.3 Å². The first-order valence-corrected chi connectivity index (χ1v) is 12.2. The normalized spacial score (nSPS) is 22.3. The van der Waals surface area contributed by atoms with E-state index < -0.39 is 59.1 Å². The molecule has 1 aliphatic carbocycles. The van der Waals surface area contributed by atoms with Gasteiger partial charge in [0.2, 0.25) is 17.7 Å². The molecule has 1 saturated heterocycles. The summed E-state index contributed by atoms with van der Waals surface area (Å²) in [7, 11) is 0. The van der Waals surface area contributed by atoms with Gasteiger partial charge < -0.3 is 15.4 Å². The van der Waals surface area contributed by atoms with Crippen LogP contribution in [-0.2, 0) is 23.9 Å². The number of hydrogen-bond donors (Lipinski definition) is 3. The molecule has 1 aliphatic heterocycles. The summed E-state index contributed by atoms with van der Waals surface area (Å²) in [4.78, 5) is 63.3. The largest absolute Gasteiger partial charge is 0.444 e. The van der Waals surface area contributed by atoms with Crippen molar-refractivity contribution in [2.45, 2.75) is 77.5 Å². The third kappa shape index (κ3) is 6.90. The van der Waals surface area contributed by atoms with Gasteiger partial charge in [-0.2, -0.15) is 0 Å². The fourth-order valence-electron chi connectivity index (χ4n) is 4.78. The van der Waals surface area contributed by atoms with Gasteiger partial charge in [-0.1, -0.05) is 50.1 Å². The van der Waals surface area contributed by atoms with E-state index in [0.29, 0.717) is 5.56 Å². The zero-order chi connectivity index (χ0) is 25.8. The SMILES string of the molecule is C[C@@H]1C(=O)NC(=O)[C@H]1C(=O)[C@@H](NC(=O)C[C@H](NC(=O)OC(C)(C)C)c1ccccc1)C1CCCC1. The standard InChI is InChI=1S/C26H35N3O6/c1-15-20(24(33)29-23(15)32)22(31)21(17-12-8-9-13-17)28-19(30)14-18(16-10-6-5-7-11-16)27-25(34)35-26(2,3)4/h5-7,10-11,15,17-18,20-21H,8-9,12-14H2,1-4H3,(H,27,34)(H,28,30)(H,29,32,33)/t15-,18-,20+,21-/m0/s1. The Labute approximate surface area is 205 Å². The molecular weight excluding hydrogens is 450 g/mol. The van der Waals surface area contributed by atoms with Crippen LogP contribution in [0.5, 0.6) is 0 Å². The van der Waals surface area contributed by atoms with Gasteiger partial charge in [-0.05, 0) is 45.1 Å². The maximum atomic E-state index is 13.4. The first-order valence-electron chi connectivity index (χ1n) is 12.2. The van der Waals surface area contributed by atoms with E-state index in [1.807, 2.05) is 6.07 Å². The van der Waals surface area contributed by atoms with Gasteiger partial charge in [0.05, 0.1) is 24.4 Å². The number of rotatable bonds is 8. The van der Waals surface area contributed by atoms with E-state index in [4.69, 9.17) is 4.74 Å². The summed E-state index contributed by atoms with van der Waals surface area (Å²) < 4.78 is 5.36. The van der Waals surface area contributed by atoms with Crippen LogP contribution < -0.4 is 16.0 Å². The van der Waals surface area contributed by atoms with Gasteiger partial charge in [0.15, 0.2) is 5.78 Å². The highest BCUT2D eigenvalue weighted by atomic mass is 16.6. The second kappa shape index (κ2) is 11.0. The molecule has 2 aliphatic rings. The molecular formula is C26H35N3O6. The molecule has 0 spiro atoms. The minimum atomic E-state index is -1.11. The fourth-order valence-corrected chi connectivity index (χ4v) is 4.78. The monoisotopic (exact) mass is 485 g/mol. The van der Waals surface area contributed by atoms with Crippen molar-refractivity contribution in [3.63, 3.8) is 0 Å². The van der Waals surface area contributed by atoms with Gasteiger partial charge in [0, 0.05) is 0 Å². The van der Waals surface area contributed by atoms with E-state index in [9.17, 15) is 24.0 Å². The van der Waals surface area contributed by atoms with Crippen LogP contribution >= 0.6 is 0 Å². The van der Waals surface area contributed by atoms with Crippen LogP contribution in [-0.4, -0.2) is 41.2 Å². The second-order valence-electron chi connectivity index (χ2n) is 10.4. The summed E-state index contributed by atoms with van der Waals surface area (Å²) in [6.45, 7) is 6.80. The van der Waals surface area contributed by atoms with Gasteiger partial charge in [-0.15, -0.1) is 0 Å². The average Bonchev–Trinajstić information content (AvgIpc) is 3.38. The Morgan fingerprint density at radius 2 is 1.66 bits per heavy atom. The minimum Gasteiger partial charge on any atom is -0.444 e. The number of alkyl carbamates (subject to hydrolysis) is 1. The molecule has 1 saturated carbocycles. The van der Waals surface area contributed by atoms with E-state index in [1.54, 1.807) is 52.0 Å². The molecule has 2 fully saturated rings. The van der Waals surface area contributed by atoms with Gasteiger partial charge in [-0.25, -0.2) is 4.79 Å². The van der Waals surface area contributed by atoms with Crippen LogP contribution in [0.2, 0.25) is 0 Å². The number of Topliss-reactive ketones (excluding diaryl/α,β-unsaturated/α-hetero) is 1. The highest BCUT2D eigenvalue weighted by molar-refractivity contribution is 6.16. The molecule has 1 aromatic rings. The average molecular weight is 486 g/mol. The molecule has 0 radical (unpaired) electrons. The zero-order valence-corrected chi connectivity index (χ0v) is 20.8. The molecule has 9 heteroatoms. The van der Waals surface area contributed by atoms with E-state index in [1.165, 1.54) is 0 Å². The van der Waals surface area contributed by atoms with Crippen molar-refractivity contribution in [2.75, 3.05) is 0 Å². The quantitative estimate of drug-likeness (QED) is 0.383. The van der Waals surface area contributed by atoms with Gasteiger partial charge in [-0.3, -0.25) is 24.5 Å². The Balaban J connectivity index is 1.77. The molecule has 9 nitrogen and oxygen atoms in total. The summed E-state index contributed by atoms with van der Waals surface area (Å²) in [5.41, 5.74) is 0.00967. The van der Waals surface area contributed by atoms with Crippen molar-refractivity contribution in [3.8, 4) is 0 Å². The molecule has 0 bridgehead atoms. The number of benzene rings is 1. The Hall–Kier alpha value is -3.23. The van der Waals surface area contributed by atoms with Crippen LogP contribution in [0.15, 0.2) is 30.3 Å². The van der Waals surface area contributed by atoms with E-state index in [0.717, 1.165) is 25.7 Å². The van der Waals surface area contributed by atoms with Crippen molar-refractivity contribution in [1.29, 1.82) is 0 Å². The maximum absolute atomic E-state index is 13.4. The van der Waals surface area contributed by atoms with Crippen LogP contribution in [0.3, 0.4) is 0 Å². The molecule has 1 heterocycles. The predicted octanol–water partition coefficient (Wildman–Crippen LogP) is 2.80. The zero-order valence-electron chi connectivity index (χ0n) is 20.8. The second-order valence-corrected chi connectivity index (χ2v) is 10.4. The molecule has 35 heavy (non-hydrogen) atoms. The van der Waals surface area contributed by atoms with Crippen molar-refractivity contribution in [1.82, 2.24) is 16.0 Å². The molecule has 0 unspecified atom stereocenters. The maximum Gasteiger partial charge on any atom is 0.408 e. The Kier molecular flexibility index (Phi) is 8.30. The van der Waals surface area contributed by atoms with Gasteiger partial charge in [0.1, 0.15) is 11.5 Å². The van der Waals surface area contributed by atoms with Crippen LogP contribution in [0.1, 0.15) is 71.4 Å². The Bertz CT molecular complexity index is 965. The predicted molar refractivity (Wildman–Crippen MR) is 128 cm³/mol. The minimum absolute atomic E-state index is 0.101. The summed E-state index contributed by atoms with van der Waals surface area (Å²) >= 11 is 0. The number of carbonyl (C=O) groups is 5. The van der Waals surface area contributed by atoms with Crippen LogP contribution in [0, 0.1) is 17.8 Å². The number of ketones is 1. The Morgan fingerprint density at radius 1 is 1.03 bits per heavy atom. The van der Waals surface area contributed by atoms with Crippen molar-refractivity contribution >= 4 is 29.6 Å². The highest BCUT2D eigenvalue weighted by Crippen LogP contribution is 2.32. The number of hydrogen-bond acceptors (Lipinski definition) is 6. The van der Waals surface area contributed by atoms with E-state index in [2.05, 4.69) is 16.0 Å². The van der Waals surface area contributed by atoms with Crippen LogP contribution in [0.4, 0.5) is 4.79 Å². The lowest BCUT2D eigenvalue weighted by molar-refractivity contribution is -0.137. The third-order valence-corrected chi connectivity index (χ3v) is 6.53. The Morgan fingerprint density at radius 3 is 2.20 bits per heavy atom. The molecule has 1 aromatic carbocycles. The lowest BCUT2D eigenvalue weighted by Gasteiger charge is -2.28. The summed E-state index contributed by atoms with van der Waals surface area (Å²) in [5.74, 6) is -3.94. The highest BCUT2D eigenvalue weighted by Gasteiger charge is 2.47. The molecule has 190 valence electrons. The molecule has 4 atom stereocenters. The number of carbonyl (C=O) groups excluding carboxylic acids is 5. The number of nitrogens with one attached hydrogen (secondary N) is 3. The first-order chi connectivity index (χ1) is 16.5. The lowest BCUT2D eigenvalue weighted by Crippen LogP contribution is -2.50. The summed E-state index contributed by atoms with van der Waals surface area (Å²) in [6.07, 6.45) is 2.60. The summed E-state index contributed by atoms with van der Waals surface area (Å²) in [5, 5.41) is 7.81. The number of amides is 4. The fraction of sp³-hybridized carbons (Fsp3) is 0.577. The van der Waals surface area contributed by atoms with Gasteiger partial charge in [0.25, 0.3) is 0 Å². The smallest absolute Gasteiger partial charge is 0.408 e. The number of imide groups is 1. The molecule has 4 amide bonds. The molecule has 3 rings (SSSR count). The van der Waals surface area contributed by atoms with Crippen molar-refractivity contribution in [2.24, 2.45) is 17.8 Å². The first kappa shape index (κ1) is 26.4. The van der Waals surface area contributed by atoms with E-state index >= 15 is 0 Å². The van der Waals surface area contributed by atoms with Crippen LogP contribution in [0.25, 0.3) is 0 Å². The molecule has 3 N–H and O–H groups in total. The van der Waals surface area contributed by atoms with Crippen molar-refractivity contribution < 1.29 is 28.7 Å². The third-order valence-electron chi connectivity index (χ3n) is 6.53. The topological polar surface area (TPSA) is 131 Å². The molecule has 0 aromatic heterocycles. The lowest BCUT2D eigenvalue weighted by atomic mass is 9.83. The summed E-state index contributed by atoms with van der Waals surface area (Å²) in [6, 6.07) is 7.49. The van der Waals surface area contributed by atoms with Crippen molar-refractivity contribution in [3.05, 3.63) is 35.9 Å². The number of ether oxygens (including phenoxy) is 1. The van der Waals surface area contributed by atoms with Gasteiger partial charge >= 0.3 is 6.09 Å².